The van der Waals surface area contributed by atoms with Crippen LogP contribution in [0.15, 0.2) is 48.6 Å². The maximum Gasteiger partial charge on any atom is 0.328 e. The molecule has 8 nitrogen and oxygen atoms in total. The number of likely N-dealkylation sites (N-methyl/N-ethyl adjacent to an activating group) is 1. The van der Waals surface area contributed by atoms with E-state index in [-0.39, 0.29) is 6.61 Å². The van der Waals surface area contributed by atoms with Crippen molar-refractivity contribution in [2.24, 2.45) is 0 Å². The number of aliphatic hydroxyl groups excluding tert-OH is 1. The highest BCUT2D eigenvalue weighted by Gasteiger charge is 2.33. The lowest BCUT2D eigenvalue weighted by Crippen LogP contribution is -2.47. The number of hydrogen-bond acceptors (Lipinski definition) is 5. The maximum absolute atomic E-state index is 9.55. The van der Waals surface area contributed by atoms with E-state index in [1.54, 1.807) is 0 Å². The Bertz CT molecular complexity index is 921. The van der Waals surface area contributed by atoms with Crippen LogP contribution in [0.1, 0.15) is 23.0 Å². The SMILES string of the molecule is CN1CCN2c3ccccc3Cn3c(CCO)ccc3C2C1.O=C(O)/C=C\C(=O)O. The number of fused-ring (bicyclic) bond motifs is 5. The number of nitrogens with zero attached hydrogens (tertiary/aromatic N) is 3. The molecule has 1 fully saturated rings. The van der Waals surface area contributed by atoms with Gasteiger partial charge in [0.2, 0.25) is 0 Å². The highest BCUT2D eigenvalue weighted by Crippen LogP contribution is 2.37. The van der Waals surface area contributed by atoms with Gasteiger partial charge in [0.1, 0.15) is 0 Å². The summed E-state index contributed by atoms with van der Waals surface area (Å²) in [7, 11) is 2.20. The molecule has 8 heteroatoms. The standard InChI is InChI=1S/C18H23N3O.C4H4O4/c1-19-9-10-20-16-5-3-2-4-14(16)12-21-15(8-11-22)6-7-17(21)18(20)13-19;5-3(6)1-2-4(7)8/h2-7,18,22H,8-13H2,1H3;1-2H,(H,5,6)(H,7,8)/b;2-1-. The number of aliphatic hydroxyl groups is 1. The lowest BCUT2D eigenvalue weighted by Gasteiger charge is -2.41. The van der Waals surface area contributed by atoms with Crippen molar-refractivity contribution in [3.8, 4) is 0 Å². The van der Waals surface area contributed by atoms with Gasteiger partial charge in [-0.05, 0) is 30.8 Å². The van der Waals surface area contributed by atoms with Crippen LogP contribution in [0.25, 0.3) is 0 Å². The molecule has 1 saturated heterocycles. The molecule has 0 aliphatic carbocycles. The molecule has 1 aromatic heterocycles. The van der Waals surface area contributed by atoms with Gasteiger partial charge < -0.3 is 29.7 Å². The Balaban J connectivity index is 0.000000275. The second-order valence-electron chi connectivity index (χ2n) is 7.42. The molecule has 2 aliphatic rings. The highest BCUT2D eigenvalue weighted by atomic mass is 16.4. The van der Waals surface area contributed by atoms with Crippen LogP contribution in [0.5, 0.6) is 0 Å². The summed E-state index contributed by atoms with van der Waals surface area (Å²) in [5, 5.41) is 25.0. The van der Waals surface area contributed by atoms with E-state index in [2.05, 4.69) is 57.8 Å². The predicted octanol–water partition coefficient (Wildman–Crippen LogP) is 1.59. The zero-order chi connectivity index (χ0) is 21.7. The Morgan fingerprint density at radius 3 is 2.43 bits per heavy atom. The van der Waals surface area contributed by atoms with Gasteiger partial charge in [0.25, 0.3) is 0 Å². The average Bonchev–Trinajstić information content (AvgIpc) is 3.04. The number of anilines is 1. The van der Waals surface area contributed by atoms with Crippen molar-refractivity contribution in [2.75, 3.05) is 38.2 Å². The van der Waals surface area contributed by atoms with Crippen molar-refractivity contribution >= 4 is 17.6 Å². The normalized spacial score (nSPS) is 17.9. The van der Waals surface area contributed by atoms with Crippen molar-refractivity contribution in [1.82, 2.24) is 9.47 Å². The molecule has 1 aromatic carbocycles. The third kappa shape index (κ3) is 4.90. The quantitative estimate of drug-likeness (QED) is 0.654. The fourth-order valence-electron chi connectivity index (χ4n) is 4.04. The number of aliphatic carboxylic acids is 2. The fourth-order valence-corrected chi connectivity index (χ4v) is 4.04. The van der Waals surface area contributed by atoms with Gasteiger partial charge in [-0.15, -0.1) is 0 Å². The first-order valence-corrected chi connectivity index (χ1v) is 9.87. The van der Waals surface area contributed by atoms with Crippen LogP contribution in [0.3, 0.4) is 0 Å². The third-order valence-electron chi connectivity index (χ3n) is 5.40. The zero-order valence-corrected chi connectivity index (χ0v) is 16.9. The van der Waals surface area contributed by atoms with Crippen molar-refractivity contribution < 1.29 is 24.9 Å². The maximum atomic E-state index is 9.55. The van der Waals surface area contributed by atoms with Crippen LogP contribution in [0.4, 0.5) is 5.69 Å². The van der Waals surface area contributed by atoms with E-state index in [9.17, 15) is 14.7 Å². The van der Waals surface area contributed by atoms with E-state index >= 15 is 0 Å². The van der Waals surface area contributed by atoms with Crippen molar-refractivity contribution in [3.63, 3.8) is 0 Å². The summed E-state index contributed by atoms with van der Waals surface area (Å²) in [6.45, 7) is 4.34. The lowest BCUT2D eigenvalue weighted by atomic mass is 10.1. The van der Waals surface area contributed by atoms with Crippen LogP contribution in [0, 0.1) is 0 Å². The average molecular weight is 413 g/mol. The zero-order valence-electron chi connectivity index (χ0n) is 16.9. The number of para-hydroxylation sites is 1. The molecule has 160 valence electrons. The Morgan fingerprint density at radius 2 is 1.77 bits per heavy atom. The van der Waals surface area contributed by atoms with Gasteiger partial charge in [-0.3, -0.25) is 0 Å². The van der Waals surface area contributed by atoms with E-state index in [1.807, 2.05) is 0 Å². The molecule has 2 aromatic rings. The summed E-state index contributed by atoms with van der Waals surface area (Å²) < 4.78 is 2.42. The summed E-state index contributed by atoms with van der Waals surface area (Å²) in [5.74, 6) is -2.51. The van der Waals surface area contributed by atoms with Crippen molar-refractivity contribution in [3.05, 3.63) is 65.5 Å². The van der Waals surface area contributed by atoms with Crippen LogP contribution in [-0.4, -0.2) is 70.0 Å². The fraction of sp³-hybridized carbons (Fsp3) is 0.364. The Hall–Kier alpha value is -3.10. The van der Waals surface area contributed by atoms with Gasteiger partial charge in [-0.2, -0.15) is 0 Å². The molecule has 0 saturated carbocycles. The number of hydrogen-bond donors (Lipinski definition) is 3. The third-order valence-corrected chi connectivity index (χ3v) is 5.40. The molecular weight excluding hydrogens is 386 g/mol. The predicted molar refractivity (Wildman–Crippen MR) is 113 cm³/mol. The van der Waals surface area contributed by atoms with E-state index in [4.69, 9.17) is 10.2 Å². The number of aromatic nitrogens is 1. The first kappa shape index (κ1) is 21.6. The first-order valence-electron chi connectivity index (χ1n) is 9.87. The number of piperazine rings is 1. The number of carbonyl (C=O) groups is 2. The molecule has 2 aliphatic heterocycles. The summed E-state index contributed by atoms with van der Waals surface area (Å²) >= 11 is 0. The molecule has 1 unspecified atom stereocenters. The van der Waals surface area contributed by atoms with Gasteiger partial charge in [-0.1, -0.05) is 18.2 Å². The van der Waals surface area contributed by atoms with Crippen molar-refractivity contribution in [1.29, 1.82) is 0 Å². The van der Waals surface area contributed by atoms with Gasteiger partial charge >= 0.3 is 11.9 Å². The molecule has 30 heavy (non-hydrogen) atoms. The molecule has 0 bridgehead atoms. The Morgan fingerprint density at radius 1 is 1.07 bits per heavy atom. The number of carboxylic acids is 2. The summed E-state index contributed by atoms with van der Waals surface area (Å²) in [4.78, 5) is 24.1. The molecule has 0 amide bonds. The van der Waals surface area contributed by atoms with Crippen LogP contribution >= 0.6 is 0 Å². The second kappa shape index (κ2) is 9.60. The molecular formula is C22H27N3O5. The van der Waals surface area contributed by atoms with E-state index in [1.165, 1.54) is 22.6 Å². The summed E-state index contributed by atoms with van der Waals surface area (Å²) in [6, 6.07) is 13.6. The van der Waals surface area contributed by atoms with Gasteiger partial charge in [0.15, 0.2) is 0 Å². The first-order chi connectivity index (χ1) is 14.4. The molecule has 0 spiro atoms. The second-order valence-corrected chi connectivity index (χ2v) is 7.42. The minimum Gasteiger partial charge on any atom is -0.478 e. The van der Waals surface area contributed by atoms with Crippen LogP contribution in [-0.2, 0) is 22.6 Å². The van der Waals surface area contributed by atoms with Crippen LogP contribution < -0.4 is 4.90 Å². The van der Waals surface area contributed by atoms with Crippen LogP contribution in [0.2, 0.25) is 0 Å². The monoisotopic (exact) mass is 413 g/mol. The summed E-state index contributed by atoms with van der Waals surface area (Å²) in [6.07, 6.45) is 1.84. The number of rotatable bonds is 4. The highest BCUT2D eigenvalue weighted by molar-refractivity contribution is 5.89. The Kier molecular flexibility index (Phi) is 6.91. The molecule has 0 radical (unpaired) electrons. The van der Waals surface area contributed by atoms with Gasteiger partial charge in [0.05, 0.1) is 6.04 Å². The minimum absolute atomic E-state index is 0.208. The Labute approximate surface area is 175 Å². The number of carboxylic acid groups (broad SMARTS) is 2. The molecule has 3 N–H and O–H groups in total. The minimum atomic E-state index is -1.26. The van der Waals surface area contributed by atoms with Gasteiger partial charge in [-0.25, -0.2) is 9.59 Å². The van der Waals surface area contributed by atoms with E-state index in [0.717, 1.165) is 32.6 Å². The smallest absolute Gasteiger partial charge is 0.328 e. The van der Waals surface area contributed by atoms with Gasteiger partial charge in [0, 0.05) is 68.4 Å². The molecule has 1 atom stereocenters. The lowest BCUT2D eigenvalue weighted by molar-refractivity contribution is -0.134. The van der Waals surface area contributed by atoms with E-state index in [0.29, 0.717) is 18.2 Å². The topological polar surface area (TPSA) is 106 Å². The summed E-state index contributed by atoms with van der Waals surface area (Å²) in [5.41, 5.74) is 5.37. The van der Waals surface area contributed by atoms with E-state index < -0.39 is 11.9 Å². The molecule has 4 rings (SSSR count). The number of benzene rings is 1. The largest absolute Gasteiger partial charge is 0.478 e. The molecule has 3 heterocycles. The van der Waals surface area contributed by atoms with Crippen molar-refractivity contribution in [2.45, 2.75) is 19.0 Å².